The molecule has 0 atom stereocenters. The predicted molar refractivity (Wildman–Crippen MR) is 119 cm³/mol. The molecule has 0 aliphatic carbocycles. The molecule has 0 heterocycles. The summed E-state index contributed by atoms with van der Waals surface area (Å²) < 4.78 is 13.2. The number of carbonyl (C=O) groups is 2. The molecule has 9 nitrogen and oxygen atoms in total. The van der Waals surface area contributed by atoms with Crippen molar-refractivity contribution in [1.29, 1.82) is 0 Å². The minimum Gasteiger partial charge on any atom is -0.336 e. The van der Waals surface area contributed by atoms with Crippen LogP contribution in [0.2, 0.25) is 0 Å². The molecule has 0 bridgehead atoms. The number of nitrogens with one attached hydrogen (secondary N) is 3. The number of nitrogens with zero attached hydrogens (tertiary/aromatic N) is 2. The number of urea groups is 2. The van der Waals surface area contributed by atoms with E-state index in [9.17, 15) is 24.1 Å². The predicted octanol–water partition coefficient (Wildman–Crippen LogP) is 4.59. The van der Waals surface area contributed by atoms with Gasteiger partial charge in [-0.25, -0.2) is 14.0 Å². The van der Waals surface area contributed by atoms with Gasteiger partial charge in [0.05, 0.1) is 4.92 Å². The van der Waals surface area contributed by atoms with Crippen molar-refractivity contribution in [2.75, 3.05) is 28.6 Å². The van der Waals surface area contributed by atoms with Crippen LogP contribution in [0, 0.1) is 15.9 Å². The summed E-state index contributed by atoms with van der Waals surface area (Å²) in [6.07, 6.45) is 0. The molecule has 0 aromatic heterocycles. The second kappa shape index (κ2) is 10.5. The molecule has 0 saturated heterocycles. The largest absolute Gasteiger partial charge is 0.336 e. The first-order valence-corrected chi connectivity index (χ1v) is 9.61. The average molecular weight is 437 g/mol. The van der Waals surface area contributed by atoms with Crippen molar-refractivity contribution in [3.63, 3.8) is 0 Å². The summed E-state index contributed by atoms with van der Waals surface area (Å²) in [6.45, 7) is 0.253. The first kappa shape index (κ1) is 22.2. The van der Waals surface area contributed by atoms with Gasteiger partial charge in [-0.05, 0) is 42.5 Å². The minimum atomic E-state index is -0.542. The maximum Gasteiger partial charge on any atom is 0.326 e. The number of halogens is 1. The summed E-state index contributed by atoms with van der Waals surface area (Å²) in [6, 6.07) is 18.7. The third kappa shape index (κ3) is 6.26. The standard InChI is InChI=1S/C22H20FN5O4/c23-16-5-4-6-18(15-16)25-21(29)24-13-14-27(19-7-2-1-3-8-19)22(30)26-17-9-11-20(12-10-17)28(31)32/h1-12,15H,13-14H2,(H,26,30)(H2,24,25,29). The van der Waals surface area contributed by atoms with Crippen LogP contribution >= 0.6 is 0 Å². The highest BCUT2D eigenvalue weighted by molar-refractivity contribution is 6.01. The molecular formula is C22H20FN5O4. The molecule has 3 rings (SSSR count). The van der Waals surface area contributed by atoms with Gasteiger partial charge >= 0.3 is 12.1 Å². The molecule has 3 aromatic rings. The van der Waals surface area contributed by atoms with Crippen molar-refractivity contribution in [2.45, 2.75) is 0 Å². The fourth-order valence-corrected chi connectivity index (χ4v) is 2.84. The third-order valence-corrected chi connectivity index (χ3v) is 4.35. The van der Waals surface area contributed by atoms with Crippen LogP contribution in [0.15, 0.2) is 78.9 Å². The van der Waals surface area contributed by atoms with Gasteiger partial charge in [-0.2, -0.15) is 0 Å². The number of benzene rings is 3. The average Bonchev–Trinajstić information content (AvgIpc) is 2.77. The minimum absolute atomic E-state index is 0.0866. The Labute approximate surface area is 183 Å². The van der Waals surface area contributed by atoms with Gasteiger partial charge in [0.1, 0.15) is 5.82 Å². The summed E-state index contributed by atoms with van der Waals surface area (Å²) in [7, 11) is 0. The molecule has 3 aromatic carbocycles. The Balaban J connectivity index is 1.62. The van der Waals surface area contributed by atoms with E-state index in [1.807, 2.05) is 0 Å². The second-order valence-corrected chi connectivity index (χ2v) is 6.61. The molecule has 0 aliphatic rings. The highest BCUT2D eigenvalue weighted by Crippen LogP contribution is 2.18. The second-order valence-electron chi connectivity index (χ2n) is 6.61. The highest BCUT2D eigenvalue weighted by Gasteiger charge is 2.16. The zero-order chi connectivity index (χ0) is 22.9. The highest BCUT2D eigenvalue weighted by atomic mass is 19.1. The van der Waals surface area contributed by atoms with Crippen molar-refractivity contribution < 1.29 is 18.9 Å². The lowest BCUT2D eigenvalue weighted by Gasteiger charge is -2.23. The van der Waals surface area contributed by atoms with Gasteiger partial charge in [-0.3, -0.25) is 15.0 Å². The van der Waals surface area contributed by atoms with Crippen LogP contribution in [0.1, 0.15) is 0 Å². The van der Waals surface area contributed by atoms with Crippen LogP contribution in [0.3, 0.4) is 0 Å². The summed E-state index contributed by atoms with van der Waals surface area (Å²) in [4.78, 5) is 36.6. The molecule has 3 N–H and O–H groups in total. The van der Waals surface area contributed by atoms with Gasteiger partial charge in [0.2, 0.25) is 0 Å². The molecular weight excluding hydrogens is 417 g/mol. The van der Waals surface area contributed by atoms with Crippen molar-refractivity contribution in [2.24, 2.45) is 0 Å². The van der Waals surface area contributed by atoms with E-state index in [2.05, 4.69) is 16.0 Å². The van der Waals surface area contributed by atoms with E-state index in [1.54, 1.807) is 36.4 Å². The lowest BCUT2D eigenvalue weighted by Crippen LogP contribution is -2.42. The van der Waals surface area contributed by atoms with Crippen molar-refractivity contribution in [3.8, 4) is 0 Å². The Morgan fingerprint density at radius 2 is 1.62 bits per heavy atom. The summed E-state index contributed by atoms with van der Waals surface area (Å²) >= 11 is 0. The number of hydrogen-bond acceptors (Lipinski definition) is 4. The number of rotatable bonds is 7. The number of anilines is 3. The lowest BCUT2D eigenvalue weighted by molar-refractivity contribution is -0.384. The molecule has 0 fully saturated rings. The zero-order valence-corrected chi connectivity index (χ0v) is 16.8. The number of hydrogen-bond donors (Lipinski definition) is 3. The van der Waals surface area contributed by atoms with Crippen LogP contribution in [-0.4, -0.2) is 30.1 Å². The summed E-state index contributed by atoms with van der Waals surface area (Å²) in [5, 5.41) is 18.6. The number of nitro benzene ring substituents is 1. The maximum atomic E-state index is 13.2. The van der Waals surface area contributed by atoms with Crippen molar-refractivity contribution in [3.05, 3.63) is 94.8 Å². The van der Waals surface area contributed by atoms with E-state index in [0.29, 0.717) is 17.1 Å². The van der Waals surface area contributed by atoms with E-state index in [4.69, 9.17) is 0 Å². The third-order valence-electron chi connectivity index (χ3n) is 4.35. The van der Waals surface area contributed by atoms with Gasteiger partial charge in [0.15, 0.2) is 0 Å². The summed E-state index contributed by atoms with van der Waals surface area (Å²) in [5.74, 6) is -0.471. The Morgan fingerprint density at radius 3 is 2.28 bits per heavy atom. The van der Waals surface area contributed by atoms with Gasteiger partial charge in [0, 0.05) is 42.3 Å². The molecule has 0 saturated carbocycles. The van der Waals surface area contributed by atoms with Gasteiger partial charge < -0.3 is 16.0 Å². The normalized spacial score (nSPS) is 10.2. The first-order valence-electron chi connectivity index (χ1n) is 9.61. The Kier molecular flexibility index (Phi) is 7.31. The number of non-ortho nitro benzene ring substituents is 1. The van der Waals surface area contributed by atoms with E-state index < -0.39 is 22.8 Å². The van der Waals surface area contributed by atoms with Gasteiger partial charge in [-0.15, -0.1) is 0 Å². The van der Waals surface area contributed by atoms with Crippen LogP contribution in [0.4, 0.5) is 36.7 Å². The Hall–Kier alpha value is -4.47. The van der Waals surface area contributed by atoms with E-state index in [0.717, 1.165) is 0 Å². The van der Waals surface area contributed by atoms with Crippen molar-refractivity contribution in [1.82, 2.24) is 5.32 Å². The zero-order valence-electron chi connectivity index (χ0n) is 16.8. The smallest absolute Gasteiger partial charge is 0.326 e. The number of nitro groups is 1. The maximum absolute atomic E-state index is 13.2. The molecule has 0 aliphatic heterocycles. The Bertz CT molecular complexity index is 1090. The van der Waals surface area contributed by atoms with Crippen LogP contribution in [-0.2, 0) is 0 Å². The fraction of sp³-hybridized carbons (Fsp3) is 0.0909. The number of amides is 4. The molecule has 32 heavy (non-hydrogen) atoms. The van der Waals surface area contributed by atoms with E-state index in [-0.39, 0.29) is 18.8 Å². The topological polar surface area (TPSA) is 117 Å². The van der Waals surface area contributed by atoms with E-state index in [1.165, 1.54) is 47.4 Å². The SMILES string of the molecule is O=C(NCCN(C(=O)Nc1ccc([N+](=O)[O-])cc1)c1ccccc1)Nc1cccc(F)c1. The molecule has 0 unspecified atom stereocenters. The van der Waals surface area contributed by atoms with Crippen molar-refractivity contribution >= 4 is 34.8 Å². The number of para-hydroxylation sites is 1. The lowest BCUT2D eigenvalue weighted by atomic mass is 10.2. The van der Waals surface area contributed by atoms with Gasteiger partial charge in [-0.1, -0.05) is 24.3 Å². The first-order chi connectivity index (χ1) is 15.4. The molecule has 10 heteroatoms. The van der Waals surface area contributed by atoms with Crippen LogP contribution in [0.5, 0.6) is 0 Å². The van der Waals surface area contributed by atoms with Crippen LogP contribution in [0.25, 0.3) is 0 Å². The quantitative estimate of drug-likeness (QED) is 0.370. The monoisotopic (exact) mass is 437 g/mol. The Morgan fingerprint density at radius 1 is 0.906 bits per heavy atom. The molecule has 4 amide bonds. The summed E-state index contributed by atoms with van der Waals surface area (Å²) in [5.41, 5.74) is 1.20. The number of carbonyl (C=O) groups excluding carboxylic acids is 2. The molecule has 0 spiro atoms. The molecule has 164 valence electrons. The van der Waals surface area contributed by atoms with Crippen LogP contribution < -0.4 is 20.9 Å². The van der Waals surface area contributed by atoms with Gasteiger partial charge in [0.25, 0.3) is 5.69 Å². The fourth-order valence-electron chi connectivity index (χ4n) is 2.84. The molecule has 0 radical (unpaired) electrons. The van der Waals surface area contributed by atoms with E-state index >= 15 is 0 Å².